The summed E-state index contributed by atoms with van der Waals surface area (Å²) in [5.74, 6) is 1.33. The minimum absolute atomic E-state index is 0.0293. The van der Waals surface area contributed by atoms with Gasteiger partial charge < -0.3 is 14.4 Å². The molecule has 3 aromatic rings. The van der Waals surface area contributed by atoms with Gasteiger partial charge in [0.15, 0.2) is 11.5 Å². The molecular weight excluding hydrogens is 502 g/mol. The Morgan fingerprint density at radius 1 is 1.00 bits per heavy atom. The van der Waals surface area contributed by atoms with Gasteiger partial charge in [0, 0.05) is 24.6 Å². The maximum atomic E-state index is 13.0. The highest BCUT2D eigenvalue weighted by Crippen LogP contribution is 2.38. The quantitative estimate of drug-likeness (QED) is 0.427. The number of nitriles is 1. The lowest BCUT2D eigenvalue weighted by Crippen LogP contribution is -2.24. The Kier molecular flexibility index (Phi) is 7.25. The van der Waals surface area contributed by atoms with Gasteiger partial charge in [-0.2, -0.15) is 5.26 Å². The van der Waals surface area contributed by atoms with Crippen molar-refractivity contribution in [3.05, 3.63) is 77.9 Å². The first-order chi connectivity index (χ1) is 18.4. The van der Waals surface area contributed by atoms with E-state index in [2.05, 4.69) is 4.72 Å². The highest BCUT2D eigenvalue weighted by molar-refractivity contribution is 7.92. The van der Waals surface area contributed by atoms with Crippen LogP contribution in [0, 0.1) is 11.3 Å². The summed E-state index contributed by atoms with van der Waals surface area (Å²) in [4.78, 5) is 14.8. The van der Waals surface area contributed by atoms with Crippen LogP contribution in [-0.2, 0) is 14.8 Å². The van der Waals surface area contributed by atoms with Crippen LogP contribution in [-0.4, -0.2) is 34.1 Å². The lowest BCUT2D eigenvalue weighted by atomic mass is 9.98. The molecule has 2 aliphatic rings. The fourth-order valence-corrected chi connectivity index (χ4v) is 6.11. The van der Waals surface area contributed by atoms with E-state index in [1.807, 2.05) is 24.3 Å². The van der Waals surface area contributed by atoms with Crippen molar-refractivity contribution >= 4 is 27.3 Å². The van der Waals surface area contributed by atoms with Gasteiger partial charge >= 0.3 is 0 Å². The average molecular weight is 532 g/mol. The van der Waals surface area contributed by atoms with Crippen molar-refractivity contribution in [3.8, 4) is 17.6 Å². The number of carbonyl (C=O) groups excluding carboxylic acids is 1. The van der Waals surface area contributed by atoms with E-state index in [4.69, 9.17) is 14.7 Å². The maximum Gasteiger partial charge on any atom is 0.261 e. The van der Waals surface area contributed by atoms with Gasteiger partial charge in [0.2, 0.25) is 5.91 Å². The Bertz CT molecular complexity index is 1470. The van der Waals surface area contributed by atoms with E-state index in [1.54, 1.807) is 36.3 Å². The van der Waals surface area contributed by atoms with E-state index >= 15 is 0 Å². The summed E-state index contributed by atoms with van der Waals surface area (Å²) in [6, 6.07) is 20.3. The molecule has 2 fully saturated rings. The SMILES string of the molecule is COc1ccc(C2CC(=O)N(c3cccc(NS(=O)(=O)c4ccc(C#N)cc4)c3)C2)cc1OC1CCCC1. The number of hydrogen-bond acceptors (Lipinski definition) is 6. The zero-order chi connectivity index (χ0) is 26.7. The minimum atomic E-state index is -3.86. The first-order valence-corrected chi connectivity index (χ1v) is 14.1. The van der Waals surface area contributed by atoms with Crippen molar-refractivity contribution in [2.75, 3.05) is 23.3 Å². The molecule has 0 aromatic heterocycles. The molecule has 1 aliphatic heterocycles. The third-order valence-electron chi connectivity index (χ3n) is 7.08. The number of carbonyl (C=O) groups is 1. The third kappa shape index (κ3) is 5.46. The number of benzene rings is 3. The maximum absolute atomic E-state index is 13.0. The van der Waals surface area contributed by atoms with Gasteiger partial charge in [-0.15, -0.1) is 0 Å². The second-order valence-corrected chi connectivity index (χ2v) is 11.3. The topological polar surface area (TPSA) is 109 Å². The van der Waals surface area contributed by atoms with Crippen LogP contribution in [0.3, 0.4) is 0 Å². The summed E-state index contributed by atoms with van der Waals surface area (Å²) in [5, 5.41) is 8.95. The predicted molar refractivity (Wildman–Crippen MR) is 144 cm³/mol. The Labute approximate surface area is 222 Å². The molecule has 1 aliphatic carbocycles. The number of anilines is 2. The van der Waals surface area contributed by atoms with Gasteiger partial charge in [0.25, 0.3) is 10.0 Å². The van der Waals surface area contributed by atoms with Crippen molar-refractivity contribution in [2.45, 2.75) is 49.0 Å². The molecule has 0 spiro atoms. The van der Waals surface area contributed by atoms with Crippen molar-refractivity contribution in [2.24, 2.45) is 0 Å². The summed E-state index contributed by atoms with van der Waals surface area (Å²) in [7, 11) is -2.23. The van der Waals surface area contributed by atoms with Crippen molar-refractivity contribution < 1.29 is 22.7 Å². The van der Waals surface area contributed by atoms with E-state index in [0.717, 1.165) is 18.4 Å². The number of methoxy groups -OCH3 is 1. The smallest absolute Gasteiger partial charge is 0.261 e. The molecule has 1 amide bonds. The molecule has 5 rings (SSSR count). The number of nitrogens with one attached hydrogen (secondary N) is 1. The fourth-order valence-electron chi connectivity index (χ4n) is 5.07. The van der Waals surface area contributed by atoms with Gasteiger partial charge in [-0.3, -0.25) is 9.52 Å². The molecule has 1 N–H and O–H groups in total. The molecular formula is C29H29N3O5S. The number of nitrogens with zero attached hydrogens (tertiary/aromatic N) is 2. The van der Waals surface area contributed by atoms with Crippen molar-refractivity contribution in [1.82, 2.24) is 0 Å². The monoisotopic (exact) mass is 531 g/mol. The molecule has 3 aromatic carbocycles. The largest absolute Gasteiger partial charge is 0.493 e. The van der Waals surface area contributed by atoms with E-state index in [-0.39, 0.29) is 22.8 Å². The molecule has 1 saturated heterocycles. The van der Waals surface area contributed by atoms with E-state index in [1.165, 1.54) is 37.1 Å². The number of sulfonamides is 1. The second kappa shape index (κ2) is 10.8. The Balaban J connectivity index is 1.32. The normalized spacial score (nSPS) is 17.8. The summed E-state index contributed by atoms with van der Waals surface area (Å²) in [6.45, 7) is 0.472. The highest BCUT2D eigenvalue weighted by atomic mass is 32.2. The standard InChI is InChI=1S/C29H29N3O5S/c1-36-27-14-11-21(15-28(27)37-25-7-2-3-8-25)22-16-29(33)32(19-22)24-6-4-5-23(17-24)31-38(34,35)26-12-9-20(18-30)10-13-26/h4-6,9-15,17,22,25,31H,2-3,7-8,16,19H2,1H3. The van der Waals surface area contributed by atoms with Crippen LogP contribution < -0.4 is 19.1 Å². The van der Waals surface area contributed by atoms with Crippen LogP contribution in [0.4, 0.5) is 11.4 Å². The van der Waals surface area contributed by atoms with Crippen LogP contribution in [0.1, 0.15) is 49.1 Å². The first-order valence-electron chi connectivity index (χ1n) is 12.6. The van der Waals surface area contributed by atoms with Crippen LogP contribution in [0.25, 0.3) is 0 Å². The van der Waals surface area contributed by atoms with Gasteiger partial charge in [0.1, 0.15) is 0 Å². The predicted octanol–water partition coefficient (Wildman–Crippen LogP) is 5.21. The Morgan fingerprint density at radius 2 is 1.76 bits per heavy atom. The molecule has 1 atom stereocenters. The zero-order valence-electron chi connectivity index (χ0n) is 21.1. The van der Waals surface area contributed by atoms with Crippen LogP contribution in [0.15, 0.2) is 71.6 Å². The third-order valence-corrected chi connectivity index (χ3v) is 8.48. The number of ether oxygens (including phenoxy) is 2. The summed E-state index contributed by atoms with van der Waals surface area (Å²) < 4.78 is 40.0. The molecule has 0 radical (unpaired) electrons. The van der Waals surface area contributed by atoms with E-state index in [0.29, 0.717) is 41.4 Å². The van der Waals surface area contributed by atoms with Gasteiger partial charge in [0.05, 0.1) is 35.4 Å². The van der Waals surface area contributed by atoms with Crippen LogP contribution in [0.2, 0.25) is 0 Å². The lowest BCUT2D eigenvalue weighted by Gasteiger charge is -2.20. The molecule has 196 valence electrons. The molecule has 1 saturated carbocycles. The minimum Gasteiger partial charge on any atom is -0.493 e. The number of amides is 1. The van der Waals surface area contributed by atoms with E-state index < -0.39 is 10.0 Å². The zero-order valence-corrected chi connectivity index (χ0v) is 21.9. The van der Waals surface area contributed by atoms with Gasteiger partial charge in [-0.25, -0.2) is 8.42 Å². The molecule has 1 unspecified atom stereocenters. The molecule has 8 nitrogen and oxygen atoms in total. The molecule has 1 heterocycles. The molecule has 38 heavy (non-hydrogen) atoms. The van der Waals surface area contributed by atoms with Crippen LogP contribution >= 0.6 is 0 Å². The second-order valence-electron chi connectivity index (χ2n) is 9.63. The summed E-state index contributed by atoms with van der Waals surface area (Å²) in [6.07, 6.45) is 4.94. The summed E-state index contributed by atoms with van der Waals surface area (Å²) in [5.41, 5.74) is 2.35. The first kappa shape index (κ1) is 25.6. The fraction of sp³-hybridized carbons (Fsp3) is 0.310. The van der Waals surface area contributed by atoms with Gasteiger partial charge in [-0.05, 0) is 85.8 Å². The number of hydrogen-bond donors (Lipinski definition) is 1. The van der Waals surface area contributed by atoms with Crippen molar-refractivity contribution in [3.63, 3.8) is 0 Å². The molecule has 0 bridgehead atoms. The van der Waals surface area contributed by atoms with Gasteiger partial charge in [-0.1, -0.05) is 12.1 Å². The van der Waals surface area contributed by atoms with Crippen molar-refractivity contribution in [1.29, 1.82) is 5.26 Å². The van der Waals surface area contributed by atoms with Crippen LogP contribution in [0.5, 0.6) is 11.5 Å². The Hall–Kier alpha value is -4.03. The van der Waals surface area contributed by atoms with E-state index in [9.17, 15) is 13.2 Å². The summed E-state index contributed by atoms with van der Waals surface area (Å²) >= 11 is 0. The Morgan fingerprint density at radius 3 is 2.47 bits per heavy atom. The lowest BCUT2D eigenvalue weighted by molar-refractivity contribution is -0.117. The average Bonchev–Trinajstić information content (AvgIpc) is 3.58. The highest BCUT2D eigenvalue weighted by Gasteiger charge is 2.32. The molecule has 9 heteroatoms. The number of rotatable bonds is 8.